The van der Waals surface area contributed by atoms with E-state index < -0.39 is 5.97 Å². The highest BCUT2D eigenvalue weighted by Crippen LogP contribution is 2.21. The molecule has 4 nitrogen and oxygen atoms in total. The van der Waals surface area contributed by atoms with Crippen LogP contribution < -0.4 is 5.32 Å². The molecule has 0 aromatic heterocycles. The monoisotopic (exact) mass is 291 g/mol. The molecule has 1 amide bonds. The maximum absolute atomic E-state index is 12.2. The average molecular weight is 291 g/mol. The first-order valence-electron chi connectivity index (χ1n) is 6.77. The summed E-state index contributed by atoms with van der Waals surface area (Å²) in [5.41, 5.74) is 1.43. The van der Waals surface area contributed by atoms with Crippen LogP contribution in [0.1, 0.15) is 20.7 Å². The van der Waals surface area contributed by atoms with Gasteiger partial charge in [0.1, 0.15) is 0 Å². The Bertz CT molecular complexity index is 857. The average Bonchev–Trinajstić information content (AvgIpc) is 2.54. The standard InChI is InChI=1S/C18H13NO3/c20-17(19-14-6-2-1-3-7-14)13-9-10-15-12(11-13)5-4-8-16(15)18(21)22/h1-11H,(H,19,20)(H,21,22). The maximum Gasteiger partial charge on any atom is 0.336 e. The van der Waals surface area contributed by atoms with Crippen molar-refractivity contribution in [1.82, 2.24) is 0 Å². The van der Waals surface area contributed by atoms with Crippen molar-refractivity contribution in [3.8, 4) is 0 Å². The summed E-state index contributed by atoms with van der Waals surface area (Å²) in [7, 11) is 0. The van der Waals surface area contributed by atoms with E-state index in [0.29, 0.717) is 16.6 Å². The minimum Gasteiger partial charge on any atom is -0.478 e. The molecule has 0 bridgehead atoms. The van der Waals surface area contributed by atoms with E-state index in [4.69, 9.17) is 0 Å². The molecule has 3 aromatic carbocycles. The van der Waals surface area contributed by atoms with Crippen LogP contribution in [0, 0.1) is 0 Å². The van der Waals surface area contributed by atoms with Crippen LogP contribution in [0.5, 0.6) is 0 Å². The molecule has 0 heterocycles. The summed E-state index contributed by atoms with van der Waals surface area (Å²) in [6, 6.07) is 19.2. The predicted molar refractivity (Wildman–Crippen MR) is 85.3 cm³/mol. The van der Waals surface area contributed by atoms with Crippen LogP contribution in [0.15, 0.2) is 66.7 Å². The molecule has 0 saturated carbocycles. The third-order valence-corrected chi connectivity index (χ3v) is 3.40. The summed E-state index contributed by atoms with van der Waals surface area (Å²) >= 11 is 0. The lowest BCUT2D eigenvalue weighted by Crippen LogP contribution is -2.11. The quantitative estimate of drug-likeness (QED) is 0.771. The summed E-state index contributed by atoms with van der Waals surface area (Å²) in [5.74, 6) is -1.21. The minimum atomic E-state index is -0.980. The Labute approximate surface area is 127 Å². The zero-order valence-electron chi connectivity index (χ0n) is 11.6. The number of carbonyl (C=O) groups excluding carboxylic acids is 1. The number of carbonyl (C=O) groups is 2. The Morgan fingerprint density at radius 2 is 1.64 bits per heavy atom. The normalized spacial score (nSPS) is 10.4. The third kappa shape index (κ3) is 2.67. The number of para-hydroxylation sites is 1. The first-order valence-corrected chi connectivity index (χ1v) is 6.77. The van der Waals surface area contributed by atoms with Crippen molar-refractivity contribution in [2.45, 2.75) is 0 Å². The molecule has 3 aromatic rings. The second kappa shape index (κ2) is 5.69. The summed E-state index contributed by atoms with van der Waals surface area (Å²) in [5, 5.41) is 13.3. The number of anilines is 1. The molecule has 108 valence electrons. The smallest absolute Gasteiger partial charge is 0.336 e. The number of hydrogen-bond donors (Lipinski definition) is 2. The van der Waals surface area contributed by atoms with Crippen molar-refractivity contribution in [2.75, 3.05) is 5.32 Å². The summed E-state index contributed by atoms with van der Waals surface area (Å²) in [4.78, 5) is 23.4. The number of aromatic carboxylic acids is 1. The molecular formula is C18H13NO3. The molecule has 0 aliphatic rings. The van der Waals surface area contributed by atoms with Crippen molar-refractivity contribution < 1.29 is 14.7 Å². The van der Waals surface area contributed by atoms with Crippen LogP contribution in [0.25, 0.3) is 10.8 Å². The van der Waals surface area contributed by atoms with Gasteiger partial charge in [0.05, 0.1) is 5.56 Å². The van der Waals surface area contributed by atoms with Gasteiger partial charge < -0.3 is 10.4 Å². The van der Waals surface area contributed by atoms with Crippen molar-refractivity contribution in [2.24, 2.45) is 0 Å². The van der Waals surface area contributed by atoms with E-state index in [1.165, 1.54) is 0 Å². The second-order valence-corrected chi connectivity index (χ2v) is 4.87. The highest BCUT2D eigenvalue weighted by atomic mass is 16.4. The lowest BCUT2D eigenvalue weighted by Gasteiger charge is -2.07. The number of amides is 1. The molecule has 3 rings (SSSR count). The molecule has 0 unspecified atom stereocenters. The number of benzene rings is 3. The van der Waals surface area contributed by atoms with E-state index in [1.807, 2.05) is 30.3 Å². The number of carboxylic acids is 1. The molecule has 0 aliphatic heterocycles. The van der Waals surface area contributed by atoms with Gasteiger partial charge in [-0.1, -0.05) is 36.4 Å². The van der Waals surface area contributed by atoms with Gasteiger partial charge in [-0.25, -0.2) is 4.79 Å². The molecule has 0 atom stereocenters. The maximum atomic E-state index is 12.2. The first kappa shape index (κ1) is 13.8. The summed E-state index contributed by atoms with van der Waals surface area (Å²) in [6.45, 7) is 0. The van der Waals surface area contributed by atoms with Crippen LogP contribution in [-0.2, 0) is 0 Å². The fourth-order valence-electron chi connectivity index (χ4n) is 2.34. The summed E-state index contributed by atoms with van der Waals surface area (Å²) < 4.78 is 0. The van der Waals surface area contributed by atoms with Gasteiger partial charge in [-0.15, -0.1) is 0 Å². The van der Waals surface area contributed by atoms with E-state index in [-0.39, 0.29) is 11.5 Å². The molecule has 0 saturated heterocycles. The molecule has 4 heteroatoms. The fraction of sp³-hybridized carbons (Fsp3) is 0. The Balaban J connectivity index is 1.95. The van der Waals surface area contributed by atoms with Crippen LogP contribution in [-0.4, -0.2) is 17.0 Å². The van der Waals surface area contributed by atoms with Gasteiger partial charge in [0, 0.05) is 11.3 Å². The van der Waals surface area contributed by atoms with Gasteiger partial charge in [-0.05, 0) is 41.1 Å². The van der Waals surface area contributed by atoms with E-state index in [9.17, 15) is 14.7 Å². The summed E-state index contributed by atoms with van der Waals surface area (Å²) in [6.07, 6.45) is 0. The van der Waals surface area contributed by atoms with Gasteiger partial charge >= 0.3 is 5.97 Å². The zero-order chi connectivity index (χ0) is 15.5. The highest BCUT2D eigenvalue weighted by Gasteiger charge is 2.11. The molecule has 0 radical (unpaired) electrons. The van der Waals surface area contributed by atoms with Crippen molar-refractivity contribution in [3.05, 3.63) is 77.9 Å². The van der Waals surface area contributed by atoms with Gasteiger partial charge in [-0.2, -0.15) is 0 Å². The number of hydrogen-bond acceptors (Lipinski definition) is 2. The Morgan fingerprint density at radius 1 is 0.864 bits per heavy atom. The van der Waals surface area contributed by atoms with Crippen LogP contribution in [0.4, 0.5) is 5.69 Å². The van der Waals surface area contributed by atoms with Crippen LogP contribution >= 0.6 is 0 Å². The Hall–Kier alpha value is -3.14. The minimum absolute atomic E-state index is 0.228. The van der Waals surface area contributed by atoms with Gasteiger partial charge in [-0.3, -0.25) is 4.79 Å². The number of rotatable bonds is 3. The molecule has 2 N–H and O–H groups in total. The largest absolute Gasteiger partial charge is 0.478 e. The van der Waals surface area contributed by atoms with E-state index in [1.54, 1.807) is 36.4 Å². The lowest BCUT2D eigenvalue weighted by molar-refractivity contribution is 0.0699. The molecule has 0 aliphatic carbocycles. The van der Waals surface area contributed by atoms with E-state index in [0.717, 1.165) is 5.39 Å². The molecule has 0 spiro atoms. The van der Waals surface area contributed by atoms with Gasteiger partial charge in [0.15, 0.2) is 0 Å². The molecule has 0 fully saturated rings. The number of fused-ring (bicyclic) bond motifs is 1. The first-order chi connectivity index (χ1) is 10.6. The number of nitrogens with one attached hydrogen (secondary N) is 1. The Morgan fingerprint density at radius 3 is 2.36 bits per heavy atom. The zero-order valence-corrected chi connectivity index (χ0v) is 11.6. The van der Waals surface area contributed by atoms with Crippen molar-refractivity contribution in [1.29, 1.82) is 0 Å². The fourth-order valence-corrected chi connectivity index (χ4v) is 2.34. The topological polar surface area (TPSA) is 66.4 Å². The van der Waals surface area contributed by atoms with Crippen LogP contribution in [0.2, 0.25) is 0 Å². The lowest BCUT2D eigenvalue weighted by atomic mass is 10.0. The van der Waals surface area contributed by atoms with Crippen LogP contribution in [0.3, 0.4) is 0 Å². The van der Waals surface area contributed by atoms with Gasteiger partial charge in [0.25, 0.3) is 5.91 Å². The molecule has 22 heavy (non-hydrogen) atoms. The Kier molecular flexibility index (Phi) is 3.58. The van der Waals surface area contributed by atoms with E-state index in [2.05, 4.69) is 5.32 Å². The second-order valence-electron chi connectivity index (χ2n) is 4.87. The van der Waals surface area contributed by atoms with Gasteiger partial charge in [0.2, 0.25) is 0 Å². The highest BCUT2D eigenvalue weighted by molar-refractivity contribution is 6.09. The van der Waals surface area contributed by atoms with Crippen molar-refractivity contribution in [3.63, 3.8) is 0 Å². The number of carboxylic acid groups (broad SMARTS) is 1. The van der Waals surface area contributed by atoms with Crippen molar-refractivity contribution >= 4 is 28.3 Å². The SMILES string of the molecule is O=C(Nc1ccccc1)c1ccc2c(C(=O)O)cccc2c1. The third-order valence-electron chi connectivity index (χ3n) is 3.40. The predicted octanol–water partition coefficient (Wildman–Crippen LogP) is 3.79. The molecular weight excluding hydrogens is 278 g/mol. The van der Waals surface area contributed by atoms with E-state index >= 15 is 0 Å².